The minimum absolute atomic E-state index is 0.288. The largest absolute Gasteiger partial charge is 0.346 e. The van der Waals surface area contributed by atoms with Crippen molar-refractivity contribution < 1.29 is 0 Å². The first-order valence-corrected chi connectivity index (χ1v) is 11.6. The zero-order valence-electron chi connectivity index (χ0n) is 18.0. The van der Waals surface area contributed by atoms with Crippen molar-refractivity contribution in [2.45, 2.75) is 77.4 Å². The third kappa shape index (κ3) is 3.27. The molecule has 0 spiro atoms. The maximum Gasteiger partial charge on any atom is 0.132 e. The molecular formula is C27H34N2. The summed E-state index contributed by atoms with van der Waals surface area (Å²) in [5.74, 6) is 0.732. The predicted octanol–water partition coefficient (Wildman–Crippen LogP) is 7.18. The molecule has 2 nitrogen and oxygen atoms in total. The van der Waals surface area contributed by atoms with Crippen molar-refractivity contribution in [3.8, 4) is 0 Å². The van der Waals surface area contributed by atoms with E-state index in [0.717, 1.165) is 5.92 Å². The fraction of sp³-hybridized carbons (Fsp3) is 0.481. The van der Waals surface area contributed by atoms with Gasteiger partial charge in [-0.15, -0.1) is 0 Å². The number of hydrogen-bond donors (Lipinski definition) is 0. The van der Waals surface area contributed by atoms with Crippen LogP contribution in [0.5, 0.6) is 0 Å². The van der Waals surface area contributed by atoms with Gasteiger partial charge in [0.15, 0.2) is 0 Å². The van der Waals surface area contributed by atoms with Gasteiger partial charge < -0.3 is 9.80 Å². The van der Waals surface area contributed by atoms with E-state index in [4.69, 9.17) is 0 Å². The summed E-state index contributed by atoms with van der Waals surface area (Å²) in [7, 11) is 0. The van der Waals surface area contributed by atoms with Crippen LogP contribution in [0, 0.1) is 12.8 Å². The second-order valence-electron chi connectivity index (χ2n) is 9.24. The molecule has 0 aromatic heterocycles. The molecule has 152 valence electrons. The Morgan fingerprint density at radius 2 is 1.34 bits per heavy atom. The smallest absolute Gasteiger partial charge is 0.132 e. The average Bonchev–Trinajstić information content (AvgIpc) is 3.49. The molecule has 0 radical (unpaired) electrons. The normalized spacial score (nSPS) is 23.6. The van der Waals surface area contributed by atoms with Crippen molar-refractivity contribution in [3.63, 3.8) is 0 Å². The number of benzene rings is 2. The Balaban J connectivity index is 1.68. The monoisotopic (exact) mass is 386 g/mol. The molecule has 5 rings (SSSR count). The van der Waals surface area contributed by atoms with Crippen molar-refractivity contribution in [1.29, 1.82) is 0 Å². The van der Waals surface area contributed by atoms with Crippen molar-refractivity contribution in [2.24, 2.45) is 5.92 Å². The maximum atomic E-state index is 2.88. The number of aryl methyl sites for hydroxylation is 1. The predicted molar refractivity (Wildman–Crippen MR) is 122 cm³/mol. The van der Waals surface area contributed by atoms with Gasteiger partial charge in [0, 0.05) is 29.0 Å². The Morgan fingerprint density at radius 3 is 2.03 bits per heavy atom. The zero-order valence-corrected chi connectivity index (χ0v) is 18.0. The van der Waals surface area contributed by atoms with Gasteiger partial charge in [-0.3, -0.25) is 0 Å². The van der Waals surface area contributed by atoms with Crippen molar-refractivity contribution in [1.82, 2.24) is 4.90 Å². The standard InChI is InChI=1S/C27H34N2/c1-20-12-6-11-19-25(20)28-21(2)26(22-13-7-8-14-22)29(24-17-9-10-18-24)27(28)23-15-4-3-5-16-23/h3-6,11-12,15-16,19,22,24,27H,7-10,13-14,17-18H2,1-2H3. The highest BCUT2D eigenvalue weighted by Gasteiger charge is 2.45. The van der Waals surface area contributed by atoms with Gasteiger partial charge in [-0.2, -0.15) is 0 Å². The molecule has 1 atom stereocenters. The van der Waals surface area contributed by atoms with Crippen LogP contribution in [0.1, 0.15) is 75.6 Å². The van der Waals surface area contributed by atoms with Gasteiger partial charge in [-0.05, 0) is 56.7 Å². The summed E-state index contributed by atoms with van der Waals surface area (Å²) in [6, 6.07) is 20.9. The number of anilines is 1. The van der Waals surface area contributed by atoms with Gasteiger partial charge in [0.25, 0.3) is 0 Å². The van der Waals surface area contributed by atoms with E-state index in [1.165, 1.54) is 73.9 Å². The van der Waals surface area contributed by atoms with Crippen LogP contribution in [0.2, 0.25) is 0 Å². The Labute approximate surface area is 176 Å². The lowest BCUT2D eigenvalue weighted by molar-refractivity contribution is 0.186. The van der Waals surface area contributed by atoms with Gasteiger partial charge in [0.05, 0.1) is 0 Å². The Kier molecular flexibility index (Phi) is 5.11. The molecule has 2 aromatic carbocycles. The maximum absolute atomic E-state index is 2.88. The first kappa shape index (κ1) is 18.8. The molecule has 29 heavy (non-hydrogen) atoms. The number of rotatable bonds is 4. The molecule has 1 unspecified atom stereocenters. The number of allylic oxidation sites excluding steroid dienone is 2. The first-order chi connectivity index (χ1) is 14.3. The Bertz CT molecular complexity index is 872. The molecule has 2 aliphatic carbocycles. The van der Waals surface area contributed by atoms with Crippen LogP contribution < -0.4 is 4.90 Å². The fourth-order valence-electron chi connectivity index (χ4n) is 6.12. The molecular weight excluding hydrogens is 352 g/mol. The minimum Gasteiger partial charge on any atom is -0.346 e. The van der Waals surface area contributed by atoms with Gasteiger partial charge in [-0.1, -0.05) is 74.2 Å². The topological polar surface area (TPSA) is 6.48 Å². The summed E-state index contributed by atoms with van der Waals surface area (Å²) in [6.45, 7) is 4.66. The number of nitrogens with zero attached hydrogens (tertiary/aromatic N) is 2. The SMILES string of the molecule is CC1=C(C2CCCC2)N(C2CCCC2)C(c2ccccc2)N1c1ccccc1C. The van der Waals surface area contributed by atoms with E-state index in [1.807, 2.05) is 0 Å². The molecule has 0 amide bonds. The van der Waals surface area contributed by atoms with Gasteiger partial charge in [0.2, 0.25) is 0 Å². The van der Waals surface area contributed by atoms with Crippen molar-refractivity contribution in [3.05, 3.63) is 77.1 Å². The molecule has 2 saturated carbocycles. The second-order valence-corrected chi connectivity index (χ2v) is 9.24. The summed E-state index contributed by atoms with van der Waals surface area (Å²) < 4.78 is 0. The van der Waals surface area contributed by atoms with E-state index < -0.39 is 0 Å². The molecule has 2 aromatic rings. The van der Waals surface area contributed by atoms with E-state index in [0.29, 0.717) is 6.04 Å². The summed E-state index contributed by atoms with van der Waals surface area (Å²) in [6.07, 6.45) is 11.2. The summed E-state index contributed by atoms with van der Waals surface area (Å²) in [5.41, 5.74) is 7.31. The lowest BCUT2D eigenvalue weighted by Crippen LogP contribution is -2.39. The highest BCUT2D eigenvalue weighted by atomic mass is 15.4. The van der Waals surface area contributed by atoms with Crippen LogP contribution in [-0.4, -0.2) is 10.9 Å². The first-order valence-electron chi connectivity index (χ1n) is 11.6. The quantitative estimate of drug-likeness (QED) is 0.549. The lowest BCUT2D eigenvalue weighted by Gasteiger charge is -2.40. The van der Waals surface area contributed by atoms with Gasteiger partial charge in [0.1, 0.15) is 6.17 Å². The highest BCUT2D eigenvalue weighted by Crippen LogP contribution is 2.51. The molecule has 0 bridgehead atoms. The van der Waals surface area contributed by atoms with Crippen LogP contribution in [0.3, 0.4) is 0 Å². The summed E-state index contributed by atoms with van der Waals surface area (Å²) in [4.78, 5) is 5.54. The van der Waals surface area contributed by atoms with E-state index in [9.17, 15) is 0 Å². The van der Waals surface area contributed by atoms with Gasteiger partial charge in [-0.25, -0.2) is 0 Å². The Hall–Kier alpha value is -2.22. The van der Waals surface area contributed by atoms with Crippen LogP contribution >= 0.6 is 0 Å². The molecule has 0 saturated heterocycles. The molecule has 1 aliphatic heterocycles. The number of para-hydroxylation sites is 1. The fourth-order valence-corrected chi connectivity index (χ4v) is 6.12. The minimum atomic E-state index is 0.288. The molecule has 0 N–H and O–H groups in total. The van der Waals surface area contributed by atoms with Crippen LogP contribution in [0.4, 0.5) is 5.69 Å². The number of hydrogen-bond acceptors (Lipinski definition) is 2. The third-order valence-electron chi connectivity index (χ3n) is 7.45. The van der Waals surface area contributed by atoms with Gasteiger partial charge >= 0.3 is 0 Å². The highest BCUT2D eigenvalue weighted by molar-refractivity contribution is 5.62. The van der Waals surface area contributed by atoms with Crippen LogP contribution in [-0.2, 0) is 0 Å². The van der Waals surface area contributed by atoms with E-state index in [1.54, 1.807) is 5.70 Å². The van der Waals surface area contributed by atoms with E-state index >= 15 is 0 Å². The zero-order chi connectivity index (χ0) is 19.8. The van der Waals surface area contributed by atoms with Crippen molar-refractivity contribution in [2.75, 3.05) is 4.90 Å². The van der Waals surface area contributed by atoms with E-state index in [2.05, 4.69) is 78.2 Å². The molecule has 3 aliphatic rings. The third-order valence-corrected chi connectivity index (χ3v) is 7.45. The molecule has 1 heterocycles. The molecule has 2 heteroatoms. The Morgan fingerprint density at radius 1 is 0.724 bits per heavy atom. The average molecular weight is 387 g/mol. The van der Waals surface area contributed by atoms with Crippen LogP contribution in [0.15, 0.2) is 66.0 Å². The second kappa shape index (κ2) is 7.89. The summed E-state index contributed by atoms with van der Waals surface area (Å²) in [5, 5.41) is 0. The van der Waals surface area contributed by atoms with Crippen LogP contribution in [0.25, 0.3) is 0 Å². The summed E-state index contributed by atoms with van der Waals surface area (Å²) >= 11 is 0. The molecule has 2 fully saturated rings. The lowest BCUT2D eigenvalue weighted by atomic mass is 9.99. The van der Waals surface area contributed by atoms with Crippen molar-refractivity contribution >= 4 is 5.69 Å². The van der Waals surface area contributed by atoms with E-state index in [-0.39, 0.29) is 6.17 Å².